The van der Waals surface area contributed by atoms with Crippen LogP contribution in [0.15, 0.2) is 6.20 Å². The fourth-order valence-electron chi connectivity index (χ4n) is 1.73. The lowest BCUT2D eigenvalue weighted by Gasteiger charge is -2.14. The lowest BCUT2D eigenvalue weighted by molar-refractivity contribution is 0.129. The molecule has 1 aromatic rings. The van der Waals surface area contributed by atoms with Crippen LogP contribution >= 0.6 is 0 Å². The monoisotopic (exact) mass is 201 g/mol. The van der Waals surface area contributed by atoms with E-state index in [2.05, 4.69) is 10.4 Å². The highest BCUT2D eigenvalue weighted by Gasteiger charge is 2.15. The van der Waals surface area contributed by atoms with E-state index in [1.165, 1.54) is 0 Å². The van der Waals surface area contributed by atoms with Crippen LogP contribution in [0.2, 0.25) is 0 Å². The minimum absolute atomic E-state index is 0.110. The predicted octanol–water partition coefficient (Wildman–Crippen LogP) is 1.18. The highest BCUT2D eigenvalue weighted by atomic mass is 19.3. The van der Waals surface area contributed by atoms with E-state index in [4.69, 9.17) is 0 Å². The minimum Gasteiger partial charge on any atom is -0.312 e. The first-order valence-corrected chi connectivity index (χ1v) is 4.80. The molecule has 1 N–H and O–H groups in total. The van der Waals surface area contributed by atoms with Crippen molar-refractivity contribution in [3.63, 3.8) is 0 Å². The van der Waals surface area contributed by atoms with Crippen molar-refractivity contribution in [2.45, 2.75) is 32.4 Å². The van der Waals surface area contributed by atoms with Gasteiger partial charge < -0.3 is 5.32 Å². The van der Waals surface area contributed by atoms with Crippen LogP contribution < -0.4 is 5.32 Å². The Morgan fingerprint density at radius 1 is 1.57 bits per heavy atom. The summed E-state index contributed by atoms with van der Waals surface area (Å²) < 4.78 is 25.7. The second-order valence-electron chi connectivity index (χ2n) is 3.45. The Balaban J connectivity index is 2.06. The lowest BCUT2D eigenvalue weighted by Crippen LogP contribution is -2.24. The molecule has 5 heteroatoms. The van der Waals surface area contributed by atoms with Gasteiger partial charge in [-0.15, -0.1) is 0 Å². The summed E-state index contributed by atoms with van der Waals surface area (Å²) in [5.41, 5.74) is 2.26. The van der Waals surface area contributed by atoms with E-state index < -0.39 is 6.43 Å². The SMILES string of the molecule is FC(F)CCn1ncc2c1CCNC2. The van der Waals surface area contributed by atoms with Gasteiger partial charge in [0.2, 0.25) is 6.43 Å². The lowest BCUT2D eigenvalue weighted by atomic mass is 10.1. The van der Waals surface area contributed by atoms with Gasteiger partial charge in [-0.3, -0.25) is 4.68 Å². The average Bonchev–Trinajstić information content (AvgIpc) is 2.58. The van der Waals surface area contributed by atoms with Gasteiger partial charge in [-0.25, -0.2) is 8.78 Å². The first-order chi connectivity index (χ1) is 6.77. The van der Waals surface area contributed by atoms with Crippen molar-refractivity contribution in [1.29, 1.82) is 0 Å². The Hall–Kier alpha value is -0.970. The molecule has 78 valence electrons. The van der Waals surface area contributed by atoms with Crippen molar-refractivity contribution in [2.75, 3.05) is 6.54 Å². The summed E-state index contributed by atoms with van der Waals surface area (Å²) in [7, 11) is 0. The molecule has 1 aromatic heterocycles. The molecule has 1 aliphatic heterocycles. The maximum absolute atomic E-state index is 12.0. The van der Waals surface area contributed by atoms with E-state index in [1.807, 2.05) is 0 Å². The standard InChI is InChI=1S/C9H13F2N3/c10-9(11)2-4-14-8-1-3-12-5-7(8)6-13-14/h6,9,12H,1-5H2. The van der Waals surface area contributed by atoms with Crippen LogP contribution in [0, 0.1) is 0 Å². The summed E-state index contributed by atoms with van der Waals surface area (Å²) >= 11 is 0. The molecular formula is C9H13F2N3. The van der Waals surface area contributed by atoms with Crippen molar-refractivity contribution in [1.82, 2.24) is 15.1 Å². The maximum atomic E-state index is 12.0. The van der Waals surface area contributed by atoms with Gasteiger partial charge in [0.05, 0.1) is 6.20 Å². The molecule has 0 saturated carbocycles. The Morgan fingerprint density at radius 3 is 3.21 bits per heavy atom. The molecule has 0 atom stereocenters. The zero-order valence-electron chi connectivity index (χ0n) is 7.84. The summed E-state index contributed by atoms with van der Waals surface area (Å²) in [6.07, 6.45) is 0.309. The molecule has 14 heavy (non-hydrogen) atoms. The number of aryl methyl sites for hydroxylation is 1. The van der Waals surface area contributed by atoms with E-state index >= 15 is 0 Å². The fourth-order valence-corrected chi connectivity index (χ4v) is 1.73. The highest BCUT2D eigenvalue weighted by molar-refractivity contribution is 5.20. The van der Waals surface area contributed by atoms with E-state index in [-0.39, 0.29) is 6.42 Å². The molecule has 3 nitrogen and oxygen atoms in total. The van der Waals surface area contributed by atoms with Crippen molar-refractivity contribution < 1.29 is 8.78 Å². The molecule has 0 unspecified atom stereocenters. The Bertz CT molecular complexity index is 309. The second-order valence-corrected chi connectivity index (χ2v) is 3.45. The molecule has 0 aliphatic carbocycles. The second kappa shape index (κ2) is 4.04. The highest BCUT2D eigenvalue weighted by Crippen LogP contribution is 2.14. The molecule has 0 fully saturated rings. The number of hydrogen-bond acceptors (Lipinski definition) is 2. The number of nitrogens with one attached hydrogen (secondary N) is 1. The zero-order chi connectivity index (χ0) is 9.97. The van der Waals surface area contributed by atoms with E-state index in [1.54, 1.807) is 10.9 Å². The third kappa shape index (κ3) is 1.92. The molecule has 2 heterocycles. The van der Waals surface area contributed by atoms with Gasteiger partial charge in [0.25, 0.3) is 0 Å². The third-order valence-corrected chi connectivity index (χ3v) is 2.45. The van der Waals surface area contributed by atoms with Crippen molar-refractivity contribution in [2.24, 2.45) is 0 Å². The summed E-state index contributed by atoms with van der Waals surface area (Å²) in [6, 6.07) is 0. The van der Waals surface area contributed by atoms with Gasteiger partial charge in [-0.05, 0) is 0 Å². The van der Waals surface area contributed by atoms with E-state index in [0.29, 0.717) is 6.54 Å². The molecule has 1 aliphatic rings. The van der Waals surface area contributed by atoms with Crippen LogP contribution in [0.5, 0.6) is 0 Å². The smallest absolute Gasteiger partial charge is 0.240 e. The summed E-state index contributed by atoms with van der Waals surface area (Å²) in [4.78, 5) is 0. The fraction of sp³-hybridized carbons (Fsp3) is 0.667. The van der Waals surface area contributed by atoms with E-state index in [0.717, 1.165) is 30.8 Å². The van der Waals surface area contributed by atoms with Gasteiger partial charge in [0.15, 0.2) is 0 Å². The topological polar surface area (TPSA) is 29.9 Å². The van der Waals surface area contributed by atoms with Crippen LogP contribution in [0.25, 0.3) is 0 Å². The van der Waals surface area contributed by atoms with Crippen molar-refractivity contribution in [3.05, 3.63) is 17.5 Å². The van der Waals surface area contributed by atoms with Crippen LogP contribution in [-0.2, 0) is 19.5 Å². The van der Waals surface area contributed by atoms with Crippen molar-refractivity contribution >= 4 is 0 Å². The van der Waals surface area contributed by atoms with Crippen LogP contribution in [0.3, 0.4) is 0 Å². The first-order valence-electron chi connectivity index (χ1n) is 4.80. The molecule has 0 amide bonds. The molecule has 0 saturated heterocycles. The Labute approximate surface area is 81.1 Å². The number of hydrogen-bond donors (Lipinski definition) is 1. The van der Waals surface area contributed by atoms with Gasteiger partial charge in [0.1, 0.15) is 0 Å². The van der Waals surface area contributed by atoms with Gasteiger partial charge in [0, 0.05) is 43.7 Å². The summed E-state index contributed by atoms with van der Waals surface area (Å²) in [6.45, 7) is 2.05. The third-order valence-electron chi connectivity index (χ3n) is 2.45. The van der Waals surface area contributed by atoms with Gasteiger partial charge in [-0.1, -0.05) is 0 Å². The molecule has 0 bridgehead atoms. The normalized spacial score (nSPS) is 15.9. The number of nitrogens with zero attached hydrogens (tertiary/aromatic N) is 2. The van der Waals surface area contributed by atoms with Crippen LogP contribution in [-0.4, -0.2) is 22.8 Å². The van der Waals surface area contributed by atoms with Gasteiger partial charge in [-0.2, -0.15) is 5.10 Å². The van der Waals surface area contributed by atoms with Crippen LogP contribution in [0.4, 0.5) is 8.78 Å². The predicted molar refractivity (Wildman–Crippen MR) is 48.3 cm³/mol. The molecule has 0 aromatic carbocycles. The zero-order valence-corrected chi connectivity index (χ0v) is 7.84. The molecular weight excluding hydrogens is 188 g/mol. The maximum Gasteiger partial charge on any atom is 0.240 e. The first kappa shape index (κ1) is 9.58. The number of alkyl halides is 2. The summed E-state index contributed by atoms with van der Waals surface area (Å²) in [5, 5.41) is 7.33. The molecule has 0 spiro atoms. The molecule has 0 radical (unpaired) electrons. The Kier molecular flexibility index (Phi) is 2.77. The molecule has 2 rings (SSSR count). The average molecular weight is 201 g/mol. The quantitative estimate of drug-likeness (QED) is 0.796. The van der Waals surface area contributed by atoms with Crippen LogP contribution in [0.1, 0.15) is 17.7 Å². The number of fused-ring (bicyclic) bond motifs is 1. The Morgan fingerprint density at radius 2 is 2.43 bits per heavy atom. The largest absolute Gasteiger partial charge is 0.312 e. The summed E-state index contributed by atoms with van der Waals surface area (Å²) in [5.74, 6) is 0. The number of halogens is 2. The van der Waals surface area contributed by atoms with Crippen molar-refractivity contribution in [3.8, 4) is 0 Å². The number of rotatable bonds is 3. The van der Waals surface area contributed by atoms with Gasteiger partial charge >= 0.3 is 0 Å². The minimum atomic E-state index is -2.24. The number of aromatic nitrogens is 2. The van der Waals surface area contributed by atoms with E-state index in [9.17, 15) is 8.78 Å².